The van der Waals surface area contributed by atoms with Crippen molar-refractivity contribution in [1.29, 1.82) is 0 Å². The van der Waals surface area contributed by atoms with Gasteiger partial charge < -0.3 is 14.8 Å². The van der Waals surface area contributed by atoms with E-state index in [1.54, 1.807) is 30.3 Å². The third-order valence-electron chi connectivity index (χ3n) is 4.17. The summed E-state index contributed by atoms with van der Waals surface area (Å²) in [5, 5.41) is 2.78. The number of nitrogens with zero attached hydrogens (tertiary/aromatic N) is 1. The summed E-state index contributed by atoms with van der Waals surface area (Å²) in [6.07, 6.45) is 0. The summed E-state index contributed by atoms with van der Waals surface area (Å²) in [5.41, 5.74) is 2.46. The normalized spacial score (nSPS) is 15.1. The standard InChI is InChI=1S/C19H16N2O4/c1-12-14-4-2-3-5-15(14)19(23)21(12)11-18(22)20-13-6-7-16-17(10-13)25-9-8-24-16/h2-7,10H,1,8-9,11H2,(H,20,22). The van der Waals surface area contributed by atoms with Crippen LogP contribution in [0.25, 0.3) is 5.70 Å². The highest BCUT2D eigenvalue weighted by molar-refractivity contribution is 6.11. The van der Waals surface area contributed by atoms with Gasteiger partial charge in [0.05, 0.1) is 0 Å². The molecule has 1 N–H and O–H groups in total. The van der Waals surface area contributed by atoms with Gasteiger partial charge in [0, 0.05) is 28.6 Å². The first-order chi connectivity index (χ1) is 12.1. The van der Waals surface area contributed by atoms with E-state index >= 15 is 0 Å². The Labute approximate surface area is 144 Å². The van der Waals surface area contributed by atoms with Crippen LogP contribution < -0.4 is 14.8 Å². The number of benzene rings is 2. The zero-order chi connectivity index (χ0) is 17.4. The van der Waals surface area contributed by atoms with Crippen molar-refractivity contribution < 1.29 is 19.1 Å². The first kappa shape index (κ1) is 15.3. The second-order valence-electron chi connectivity index (χ2n) is 5.79. The monoisotopic (exact) mass is 336 g/mol. The fourth-order valence-electron chi connectivity index (χ4n) is 2.97. The Bertz CT molecular complexity index is 856. The molecule has 0 saturated heterocycles. The largest absolute Gasteiger partial charge is 0.486 e. The van der Waals surface area contributed by atoms with E-state index in [1.165, 1.54) is 4.90 Å². The van der Waals surface area contributed by atoms with Gasteiger partial charge in [0.2, 0.25) is 5.91 Å². The fourth-order valence-corrected chi connectivity index (χ4v) is 2.97. The first-order valence-corrected chi connectivity index (χ1v) is 7.93. The molecule has 0 radical (unpaired) electrons. The minimum Gasteiger partial charge on any atom is -0.486 e. The average Bonchev–Trinajstić information content (AvgIpc) is 2.87. The van der Waals surface area contributed by atoms with Crippen LogP contribution in [0.15, 0.2) is 49.0 Å². The lowest BCUT2D eigenvalue weighted by Gasteiger charge is -2.20. The molecule has 25 heavy (non-hydrogen) atoms. The average molecular weight is 336 g/mol. The maximum Gasteiger partial charge on any atom is 0.259 e. The summed E-state index contributed by atoms with van der Waals surface area (Å²) in [6.45, 7) is 4.83. The van der Waals surface area contributed by atoms with Crippen molar-refractivity contribution >= 4 is 23.2 Å². The lowest BCUT2D eigenvalue weighted by atomic mass is 10.1. The quantitative estimate of drug-likeness (QED) is 0.935. The smallest absolute Gasteiger partial charge is 0.259 e. The van der Waals surface area contributed by atoms with Gasteiger partial charge in [-0.2, -0.15) is 0 Å². The summed E-state index contributed by atoms with van der Waals surface area (Å²) in [5.74, 6) is 0.734. The van der Waals surface area contributed by atoms with Crippen LogP contribution >= 0.6 is 0 Å². The first-order valence-electron chi connectivity index (χ1n) is 7.93. The molecule has 0 saturated carbocycles. The van der Waals surface area contributed by atoms with Crippen molar-refractivity contribution in [3.05, 3.63) is 60.2 Å². The molecule has 0 bridgehead atoms. The Kier molecular flexibility index (Phi) is 3.65. The summed E-state index contributed by atoms with van der Waals surface area (Å²) < 4.78 is 11.0. The Balaban J connectivity index is 1.46. The molecule has 2 aromatic rings. The van der Waals surface area contributed by atoms with Crippen molar-refractivity contribution in [2.24, 2.45) is 0 Å². The predicted octanol–water partition coefficient (Wildman–Crippen LogP) is 2.52. The summed E-state index contributed by atoms with van der Waals surface area (Å²) in [7, 11) is 0. The molecule has 0 unspecified atom stereocenters. The lowest BCUT2D eigenvalue weighted by molar-refractivity contribution is -0.116. The number of hydrogen-bond donors (Lipinski definition) is 1. The van der Waals surface area contributed by atoms with Crippen molar-refractivity contribution in [1.82, 2.24) is 4.90 Å². The molecule has 0 aliphatic carbocycles. The van der Waals surface area contributed by atoms with Gasteiger partial charge in [-0.05, 0) is 18.2 Å². The molecule has 2 aliphatic rings. The maximum absolute atomic E-state index is 12.4. The molecular formula is C19H16N2O4. The molecule has 0 fully saturated rings. The van der Waals surface area contributed by atoms with Gasteiger partial charge in [0.1, 0.15) is 19.8 Å². The minimum atomic E-state index is -0.306. The maximum atomic E-state index is 12.4. The van der Waals surface area contributed by atoms with Gasteiger partial charge in [0.25, 0.3) is 5.91 Å². The zero-order valence-electron chi connectivity index (χ0n) is 13.5. The van der Waals surface area contributed by atoms with Crippen LogP contribution in [0.3, 0.4) is 0 Å². The van der Waals surface area contributed by atoms with Gasteiger partial charge in [-0.25, -0.2) is 0 Å². The molecule has 2 aromatic carbocycles. The van der Waals surface area contributed by atoms with Crippen molar-refractivity contribution in [3.8, 4) is 11.5 Å². The molecule has 2 heterocycles. The topological polar surface area (TPSA) is 67.9 Å². The van der Waals surface area contributed by atoms with Crippen LogP contribution in [-0.2, 0) is 4.79 Å². The Morgan fingerprint density at radius 1 is 1.08 bits per heavy atom. The number of ether oxygens (including phenoxy) is 2. The molecule has 0 spiro atoms. The Morgan fingerprint density at radius 3 is 2.56 bits per heavy atom. The van der Waals surface area contributed by atoms with E-state index in [0.717, 1.165) is 5.56 Å². The van der Waals surface area contributed by atoms with Crippen molar-refractivity contribution in [2.45, 2.75) is 0 Å². The number of amides is 2. The van der Waals surface area contributed by atoms with E-state index < -0.39 is 0 Å². The molecular weight excluding hydrogens is 320 g/mol. The number of carbonyl (C=O) groups is 2. The van der Waals surface area contributed by atoms with Gasteiger partial charge in [-0.15, -0.1) is 0 Å². The molecule has 2 aliphatic heterocycles. The van der Waals surface area contributed by atoms with E-state index in [0.29, 0.717) is 41.7 Å². The highest BCUT2D eigenvalue weighted by atomic mass is 16.6. The predicted molar refractivity (Wildman–Crippen MR) is 92.6 cm³/mol. The Hall–Kier alpha value is -3.28. The number of rotatable bonds is 3. The number of anilines is 1. The van der Waals surface area contributed by atoms with Crippen LogP contribution in [-0.4, -0.2) is 36.5 Å². The molecule has 126 valence electrons. The van der Waals surface area contributed by atoms with E-state index in [-0.39, 0.29) is 18.4 Å². The highest BCUT2D eigenvalue weighted by Crippen LogP contribution is 2.33. The summed E-state index contributed by atoms with van der Waals surface area (Å²) in [6, 6.07) is 12.4. The van der Waals surface area contributed by atoms with Crippen molar-refractivity contribution in [2.75, 3.05) is 25.1 Å². The third-order valence-corrected chi connectivity index (χ3v) is 4.17. The molecule has 2 amide bonds. The van der Waals surface area contributed by atoms with Gasteiger partial charge in [0.15, 0.2) is 11.5 Å². The van der Waals surface area contributed by atoms with Crippen LogP contribution in [0.4, 0.5) is 5.69 Å². The van der Waals surface area contributed by atoms with Crippen LogP contribution in [0, 0.1) is 0 Å². The van der Waals surface area contributed by atoms with Crippen LogP contribution in [0.5, 0.6) is 11.5 Å². The van der Waals surface area contributed by atoms with E-state index in [9.17, 15) is 9.59 Å². The second-order valence-corrected chi connectivity index (χ2v) is 5.79. The number of carbonyl (C=O) groups excluding carboxylic acids is 2. The zero-order valence-corrected chi connectivity index (χ0v) is 13.5. The minimum absolute atomic E-state index is 0.0964. The molecule has 6 heteroatoms. The fraction of sp³-hybridized carbons (Fsp3) is 0.158. The summed E-state index contributed by atoms with van der Waals surface area (Å²) >= 11 is 0. The Morgan fingerprint density at radius 2 is 1.80 bits per heavy atom. The van der Waals surface area contributed by atoms with Gasteiger partial charge in [-0.1, -0.05) is 24.8 Å². The highest BCUT2D eigenvalue weighted by Gasteiger charge is 2.31. The van der Waals surface area contributed by atoms with Crippen LogP contribution in [0.1, 0.15) is 15.9 Å². The molecule has 4 rings (SSSR count). The second kappa shape index (κ2) is 5.98. The van der Waals surface area contributed by atoms with E-state index in [1.807, 2.05) is 12.1 Å². The van der Waals surface area contributed by atoms with Gasteiger partial charge >= 0.3 is 0 Å². The van der Waals surface area contributed by atoms with E-state index in [4.69, 9.17) is 9.47 Å². The van der Waals surface area contributed by atoms with Crippen molar-refractivity contribution in [3.63, 3.8) is 0 Å². The molecule has 0 aromatic heterocycles. The van der Waals surface area contributed by atoms with E-state index in [2.05, 4.69) is 11.9 Å². The number of fused-ring (bicyclic) bond motifs is 2. The number of nitrogens with one attached hydrogen (secondary N) is 1. The van der Waals surface area contributed by atoms with Gasteiger partial charge in [-0.3, -0.25) is 14.5 Å². The molecule has 6 nitrogen and oxygen atoms in total. The third kappa shape index (κ3) is 2.71. The number of hydrogen-bond acceptors (Lipinski definition) is 4. The SMILES string of the molecule is C=C1c2ccccc2C(=O)N1CC(=O)Nc1ccc2c(c1)OCCO2. The van der Waals surface area contributed by atoms with Crippen LogP contribution in [0.2, 0.25) is 0 Å². The molecule has 0 atom stereocenters. The lowest BCUT2D eigenvalue weighted by Crippen LogP contribution is -2.32. The summed E-state index contributed by atoms with van der Waals surface area (Å²) in [4.78, 5) is 26.2.